The van der Waals surface area contributed by atoms with E-state index in [0.717, 1.165) is 17.0 Å². The van der Waals surface area contributed by atoms with Crippen molar-refractivity contribution in [3.8, 4) is 11.5 Å². The topological polar surface area (TPSA) is 47.6 Å². The van der Waals surface area contributed by atoms with Crippen molar-refractivity contribution in [3.63, 3.8) is 0 Å². The summed E-state index contributed by atoms with van der Waals surface area (Å²) in [6.45, 7) is 0.205. The molecule has 0 saturated heterocycles. The van der Waals surface area contributed by atoms with Crippen molar-refractivity contribution in [2.75, 3.05) is 12.1 Å². The Hall–Kier alpha value is -3.27. The van der Waals surface area contributed by atoms with Gasteiger partial charge in [0.2, 0.25) is 6.79 Å². The lowest BCUT2D eigenvalue weighted by molar-refractivity contribution is 0.0976. The monoisotopic (exact) mass is 345 g/mol. The van der Waals surface area contributed by atoms with Gasteiger partial charge in [-0.3, -0.25) is 4.79 Å². The zero-order valence-corrected chi connectivity index (χ0v) is 14.2. The van der Waals surface area contributed by atoms with Crippen molar-refractivity contribution in [1.82, 2.24) is 0 Å². The zero-order chi connectivity index (χ0) is 17.8. The van der Waals surface area contributed by atoms with E-state index >= 15 is 0 Å². The number of ether oxygens (including phenoxy) is 2. The molecular weight excluding hydrogens is 326 g/mol. The summed E-state index contributed by atoms with van der Waals surface area (Å²) in [5.74, 6) is 1.51. The summed E-state index contributed by atoms with van der Waals surface area (Å²) >= 11 is 0. The van der Waals surface area contributed by atoms with Crippen molar-refractivity contribution < 1.29 is 14.3 Å². The number of carbonyl (C=O) groups excluding carboxylic acids is 1. The van der Waals surface area contributed by atoms with Gasteiger partial charge in [-0.2, -0.15) is 0 Å². The minimum atomic E-state index is -0.221. The number of hydrogen-bond acceptors (Lipinski definition) is 4. The molecule has 1 heterocycles. The van der Waals surface area contributed by atoms with E-state index in [-0.39, 0.29) is 18.6 Å². The molecule has 0 saturated carbocycles. The van der Waals surface area contributed by atoms with Crippen LogP contribution in [-0.4, -0.2) is 12.6 Å². The first kappa shape index (κ1) is 16.2. The number of carbonyl (C=O) groups is 1. The highest BCUT2D eigenvalue weighted by Crippen LogP contribution is 2.40. The molecule has 0 radical (unpaired) electrons. The largest absolute Gasteiger partial charge is 0.454 e. The molecule has 3 aromatic carbocycles. The maximum absolute atomic E-state index is 12.8. The van der Waals surface area contributed by atoms with Crippen molar-refractivity contribution in [3.05, 3.63) is 90.0 Å². The highest BCUT2D eigenvalue weighted by molar-refractivity contribution is 5.96. The Balaban J connectivity index is 1.66. The quantitative estimate of drug-likeness (QED) is 0.649. The second-order valence-corrected chi connectivity index (χ2v) is 6.14. The van der Waals surface area contributed by atoms with Gasteiger partial charge in [0.05, 0.1) is 6.04 Å². The van der Waals surface area contributed by atoms with Gasteiger partial charge in [0.1, 0.15) is 0 Å². The average Bonchev–Trinajstić information content (AvgIpc) is 3.18. The molecule has 1 aliphatic rings. The van der Waals surface area contributed by atoms with E-state index in [2.05, 4.69) is 5.32 Å². The fourth-order valence-electron chi connectivity index (χ4n) is 3.13. The molecule has 4 rings (SSSR count). The summed E-state index contributed by atoms with van der Waals surface area (Å²) in [7, 11) is 0. The lowest BCUT2D eigenvalue weighted by Crippen LogP contribution is -2.16. The predicted molar refractivity (Wildman–Crippen MR) is 101 cm³/mol. The second-order valence-electron chi connectivity index (χ2n) is 6.14. The third kappa shape index (κ3) is 3.40. The molecule has 0 aliphatic carbocycles. The number of fused-ring (bicyclic) bond motifs is 1. The summed E-state index contributed by atoms with van der Waals surface area (Å²) in [5.41, 5.74) is 2.58. The average molecular weight is 345 g/mol. The Kier molecular flexibility index (Phi) is 4.56. The lowest BCUT2D eigenvalue weighted by atomic mass is 9.96. The lowest BCUT2D eigenvalue weighted by Gasteiger charge is -2.21. The maximum atomic E-state index is 12.8. The summed E-state index contributed by atoms with van der Waals surface area (Å²) in [6.07, 6.45) is 0.318. The van der Waals surface area contributed by atoms with Gasteiger partial charge in [-0.15, -0.1) is 0 Å². The molecule has 1 aliphatic heterocycles. The molecule has 26 heavy (non-hydrogen) atoms. The van der Waals surface area contributed by atoms with Crippen LogP contribution in [0.15, 0.2) is 78.9 Å². The van der Waals surface area contributed by atoms with Gasteiger partial charge >= 0.3 is 0 Å². The van der Waals surface area contributed by atoms with Crippen molar-refractivity contribution in [2.24, 2.45) is 0 Å². The van der Waals surface area contributed by atoms with E-state index in [1.165, 1.54) is 0 Å². The number of Topliss-reactive ketones (excluding diaryl/α,β-unsaturated/α-hetero) is 1. The number of hydrogen-bond donors (Lipinski definition) is 1. The molecule has 0 fully saturated rings. The molecule has 130 valence electrons. The first-order chi connectivity index (χ1) is 12.8. The second kappa shape index (κ2) is 7.31. The highest BCUT2D eigenvalue weighted by atomic mass is 16.7. The highest BCUT2D eigenvalue weighted by Gasteiger charge is 2.25. The standard InChI is InChI=1S/C22H19NO3/c24-20(16-8-3-1-4-9-16)14-19(23-17-10-5-2-6-11-17)18-12-7-13-21-22(18)26-15-25-21/h1-13,19,23H,14-15H2. The Bertz CT molecular complexity index is 894. The maximum Gasteiger partial charge on any atom is 0.231 e. The molecule has 0 spiro atoms. The van der Waals surface area contributed by atoms with E-state index in [9.17, 15) is 4.79 Å². The zero-order valence-electron chi connectivity index (χ0n) is 14.2. The van der Waals surface area contributed by atoms with Crippen LogP contribution in [0.4, 0.5) is 5.69 Å². The molecule has 0 aromatic heterocycles. The van der Waals surface area contributed by atoms with Crippen molar-refractivity contribution in [2.45, 2.75) is 12.5 Å². The van der Waals surface area contributed by atoms with Gasteiger partial charge in [-0.1, -0.05) is 60.7 Å². The van der Waals surface area contributed by atoms with Crippen LogP contribution >= 0.6 is 0 Å². The molecule has 0 bridgehead atoms. The molecule has 1 N–H and O–H groups in total. The van der Waals surface area contributed by atoms with Crippen LogP contribution in [0.2, 0.25) is 0 Å². The van der Waals surface area contributed by atoms with Crippen LogP contribution in [-0.2, 0) is 0 Å². The Morgan fingerprint density at radius 3 is 2.38 bits per heavy atom. The van der Waals surface area contributed by atoms with Crippen LogP contribution in [0.1, 0.15) is 28.4 Å². The number of ketones is 1. The molecule has 3 aromatic rings. The van der Waals surface area contributed by atoms with E-state index in [4.69, 9.17) is 9.47 Å². The Labute approximate surface area is 152 Å². The van der Waals surface area contributed by atoms with Gasteiger partial charge in [0, 0.05) is 23.2 Å². The summed E-state index contributed by atoms with van der Waals surface area (Å²) in [6, 6.07) is 24.8. The SMILES string of the molecule is O=C(CC(Nc1ccccc1)c1cccc2c1OCO2)c1ccccc1. The van der Waals surface area contributed by atoms with Crippen molar-refractivity contribution in [1.29, 1.82) is 0 Å². The minimum Gasteiger partial charge on any atom is -0.454 e. The Morgan fingerprint density at radius 1 is 0.885 bits per heavy atom. The molecule has 1 atom stereocenters. The molecular formula is C22H19NO3. The third-order valence-corrected chi connectivity index (χ3v) is 4.40. The van der Waals surface area contributed by atoms with E-state index in [1.54, 1.807) is 0 Å². The van der Waals surface area contributed by atoms with Crippen molar-refractivity contribution >= 4 is 11.5 Å². The van der Waals surface area contributed by atoms with Crippen LogP contribution in [0.25, 0.3) is 0 Å². The van der Waals surface area contributed by atoms with Gasteiger partial charge in [0.25, 0.3) is 0 Å². The van der Waals surface area contributed by atoms with Gasteiger partial charge in [-0.05, 0) is 18.2 Å². The van der Waals surface area contributed by atoms with Crippen LogP contribution < -0.4 is 14.8 Å². The van der Waals surface area contributed by atoms with Crippen LogP contribution in [0.5, 0.6) is 11.5 Å². The third-order valence-electron chi connectivity index (χ3n) is 4.40. The predicted octanol–water partition coefficient (Wildman–Crippen LogP) is 4.84. The van der Waals surface area contributed by atoms with Gasteiger partial charge in [-0.25, -0.2) is 0 Å². The minimum absolute atomic E-state index is 0.0792. The normalized spacial score (nSPS) is 13.2. The number of anilines is 1. The molecule has 0 amide bonds. The van der Waals surface area contributed by atoms with Crippen LogP contribution in [0.3, 0.4) is 0 Å². The summed E-state index contributed by atoms with van der Waals surface area (Å²) in [4.78, 5) is 12.8. The number of para-hydroxylation sites is 2. The molecule has 4 nitrogen and oxygen atoms in total. The molecule has 1 unspecified atom stereocenters. The van der Waals surface area contributed by atoms with E-state index < -0.39 is 0 Å². The number of rotatable bonds is 6. The smallest absolute Gasteiger partial charge is 0.231 e. The summed E-state index contributed by atoms with van der Waals surface area (Å²) < 4.78 is 11.2. The van der Waals surface area contributed by atoms with Gasteiger partial charge in [0.15, 0.2) is 17.3 Å². The Morgan fingerprint density at radius 2 is 1.62 bits per heavy atom. The number of nitrogens with one attached hydrogen (secondary N) is 1. The van der Waals surface area contributed by atoms with Crippen LogP contribution in [0, 0.1) is 0 Å². The fraction of sp³-hybridized carbons (Fsp3) is 0.136. The molecule has 4 heteroatoms. The first-order valence-electron chi connectivity index (χ1n) is 8.59. The first-order valence-corrected chi connectivity index (χ1v) is 8.59. The summed E-state index contributed by atoms with van der Waals surface area (Å²) in [5, 5.41) is 3.47. The number of benzene rings is 3. The van der Waals surface area contributed by atoms with Gasteiger partial charge < -0.3 is 14.8 Å². The fourth-order valence-corrected chi connectivity index (χ4v) is 3.13. The van der Waals surface area contributed by atoms with E-state index in [1.807, 2.05) is 78.9 Å². The van der Waals surface area contributed by atoms with E-state index in [0.29, 0.717) is 17.7 Å².